The molecule has 2 aromatic rings. The Morgan fingerprint density at radius 3 is 2.25 bits per heavy atom. The molecule has 0 aliphatic rings. The number of alkyl halides is 3. The molecule has 16 heavy (non-hydrogen) atoms. The molecule has 1 nitrogen and oxygen atoms in total. The molecule has 0 amide bonds. The Hall–Kier alpha value is -1.36. The quantitative estimate of drug-likeness (QED) is 0.733. The number of benzene rings is 1. The van der Waals surface area contributed by atoms with E-state index >= 15 is 0 Å². The summed E-state index contributed by atoms with van der Waals surface area (Å²) in [6.07, 6.45) is -3.09. The molecular formula is C11H8F3NS. The third kappa shape index (κ3) is 2.24. The lowest BCUT2D eigenvalue weighted by atomic mass is 10.1. The molecule has 0 fully saturated rings. The van der Waals surface area contributed by atoms with E-state index in [1.807, 2.05) is 19.1 Å². The molecule has 0 N–H and O–H groups in total. The second kappa shape index (κ2) is 3.90. The maximum Gasteiger partial charge on any atom is 0.443 e. The topological polar surface area (TPSA) is 12.9 Å². The van der Waals surface area contributed by atoms with Crippen molar-refractivity contribution < 1.29 is 13.2 Å². The zero-order valence-electron chi connectivity index (χ0n) is 8.38. The summed E-state index contributed by atoms with van der Waals surface area (Å²) in [6.45, 7) is 1.93. The number of thiazole rings is 1. The smallest absolute Gasteiger partial charge is 0.240 e. The highest BCUT2D eigenvalue weighted by Gasteiger charge is 2.34. The predicted octanol–water partition coefficient (Wildman–Crippen LogP) is 4.14. The van der Waals surface area contributed by atoms with Gasteiger partial charge in [-0.1, -0.05) is 29.8 Å². The van der Waals surface area contributed by atoms with Crippen molar-refractivity contribution in [3.63, 3.8) is 0 Å². The largest absolute Gasteiger partial charge is 0.443 e. The Morgan fingerprint density at radius 2 is 1.75 bits per heavy atom. The van der Waals surface area contributed by atoms with Crippen LogP contribution in [0.25, 0.3) is 10.4 Å². The highest BCUT2D eigenvalue weighted by Crippen LogP contribution is 2.36. The Balaban J connectivity index is 2.35. The number of halogens is 3. The summed E-state index contributed by atoms with van der Waals surface area (Å²) < 4.78 is 37.0. The number of nitrogens with zero attached hydrogens (tertiary/aromatic N) is 1. The monoisotopic (exact) mass is 243 g/mol. The summed E-state index contributed by atoms with van der Waals surface area (Å²) in [6, 6.07) is 7.32. The van der Waals surface area contributed by atoms with Crippen molar-refractivity contribution in [3.05, 3.63) is 41.0 Å². The van der Waals surface area contributed by atoms with Crippen LogP contribution in [0.4, 0.5) is 13.2 Å². The Morgan fingerprint density at radius 1 is 1.12 bits per heavy atom. The molecule has 5 heteroatoms. The summed E-state index contributed by atoms with van der Waals surface area (Å²) in [4.78, 5) is 3.91. The van der Waals surface area contributed by atoms with Crippen LogP contribution in [0.5, 0.6) is 0 Å². The lowest BCUT2D eigenvalue weighted by Crippen LogP contribution is -2.02. The molecular weight excluding hydrogens is 235 g/mol. The number of rotatable bonds is 1. The van der Waals surface area contributed by atoms with E-state index in [9.17, 15) is 13.2 Å². The van der Waals surface area contributed by atoms with Gasteiger partial charge in [-0.25, -0.2) is 4.98 Å². The van der Waals surface area contributed by atoms with Crippen molar-refractivity contribution in [1.82, 2.24) is 4.98 Å². The fraction of sp³-hybridized carbons (Fsp3) is 0.182. The molecule has 0 bridgehead atoms. The average Bonchev–Trinajstić information content (AvgIpc) is 2.67. The zero-order valence-corrected chi connectivity index (χ0v) is 9.19. The molecule has 1 heterocycles. The summed E-state index contributed by atoms with van der Waals surface area (Å²) in [5.74, 6) is 0. The zero-order chi connectivity index (χ0) is 11.8. The molecule has 0 radical (unpaired) electrons. The molecule has 0 spiro atoms. The van der Waals surface area contributed by atoms with E-state index < -0.39 is 11.2 Å². The van der Waals surface area contributed by atoms with Gasteiger partial charge in [0.1, 0.15) is 0 Å². The lowest BCUT2D eigenvalue weighted by Gasteiger charge is -1.99. The minimum Gasteiger partial charge on any atom is -0.240 e. The van der Waals surface area contributed by atoms with Crippen LogP contribution < -0.4 is 0 Å². The van der Waals surface area contributed by atoms with Crippen LogP contribution in [0.15, 0.2) is 30.5 Å². The van der Waals surface area contributed by atoms with Gasteiger partial charge in [0.05, 0.1) is 4.88 Å². The first kappa shape index (κ1) is 11.1. The van der Waals surface area contributed by atoms with Crippen molar-refractivity contribution in [3.8, 4) is 10.4 Å². The van der Waals surface area contributed by atoms with Crippen LogP contribution in [0, 0.1) is 6.92 Å². The molecule has 1 aromatic heterocycles. The van der Waals surface area contributed by atoms with E-state index in [0.717, 1.165) is 11.1 Å². The maximum atomic E-state index is 12.3. The van der Waals surface area contributed by atoms with Gasteiger partial charge < -0.3 is 0 Å². The van der Waals surface area contributed by atoms with E-state index in [1.54, 1.807) is 12.1 Å². The number of hydrogen-bond donors (Lipinski definition) is 0. The fourth-order valence-electron chi connectivity index (χ4n) is 1.26. The van der Waals surface area contributed by atoms with E-state index in [4.69, 9.17) is 0 Å². The van der Waals surface area contributed by atoms with Gasteiger partial charge in [-0.2, -0.15) is 13.2 Å². The molecule has 2 rings (SSSR count). The van der Waals surface area contributed by atoms with Gasteiger partial charge in [-0.15, -0.1) is 11.3 Å². The van der Waals surface area contributed by atoms with Crippen molar-refractivity contribution in [2.75, 3.05) is 0 Å². The number of hydrogen-bond acceptors (Lipinski definition) is 2. The highest BCUT2D eigenvalue weighted by molar-refractivity contribution is 7.15. The second-order valence-corrected chi connectivity index (χ2v) is 4.42. The molecule has 0 aliphatic carbocycles. The normalized spacial score (nSPS) is 11.8. The first-order chi connectivity index (χ1) is 7.47. The van der Waals surface area contributed by atoms with Gasteiger partial charge in [0, 0.05) is 6.20 Å². The van der Waals surface area contributed by atoms with Crippen LogP contribution in [0.1, 0.15) is 10.6 Å². The predicted molar refractivity (Wildman–Crippen MR) is 57.3 cm³/mol. The Kier molecular flexibility index (Phi) is 2.71. The van der Waals surface area contributed by atoms with Crippen LogP contribution in [0.3, 0.4) is 0 Å². The molecule has 0 unspecified atom stereocenters. The van der Waals surface area contributed by atoms with Crippen LogP contribution in [0.2, 0.25) is 0 Å². The van der Waals surface area contributed by atoms with Crippen LogP contribution in [-0.4, -0.2) is 4.98 Å². The molecule has 0 saturated carbocycles. The maximum absolute atomic E-state index is 12.3. The lowest BCUT2D eigenvalue weighted by molar-refractivity contribution is -0.137. The average molecular weight is 243 g/mol. The Labute approximate surface area is 94.6 Å². The van der Waals surface area contributed by atoms with Crippen LogP contribution in [-0.2, 0) is 6.18 Å². The number of aryl methyl sites for hydroxylation is 1. The van der Waals surface area contributed by atoms with Crippen LogP contribution >= 0.6 is 11.3 Å². The molecule has 84 valence electrons. The first-order valence-corrected chi connectivity index (χ1v) is 5.38. The highest BCUT2D eigenvalue weighted by atomic mass is 32.1. The standard InChI is InChI=1S/C11H8F3NS/c1-7-2-4-8(5-3-7)9-6-15-10(16-9)11(12,13)14/h2-6H,1H3. The van der Waals surface area contributed by atoms with E-state index in [-0.39, 0.29) is 0 Å². The SMILES string of the molecule is Cc1ccc(-c2cnc(C(F)(F)F)s2)cc1. The van der Waals surface area contributed by atoms with Crippen molar-refractivity contribution >= 4 is 11.3 Å². The van der Waals surface area contributed by atoms with Gasteiger partial charge in [0.25, 0.3) is 0 Å². The van der Waals surface area contributed by atoms with Gasteiger partial charge in [0.2, 0.25) is 0 Å². The second-order valence-electron chi connectivity index (χ2n) is 3.39. The van der Waals surface area contributed by atoms with Gasteiger partial charge in [0.15, 0.2) is 5.01 Å². The van der Waals surface area contributed by atoms with Gasteiger partial charge in [-0.3, -0.25) is 0 Å². The fourth-order valence-corrected chi connectivity index (χ4v) is 2.05. The minimum atomic E-state index is -4.35. The van der Waals surface area contributed by atoms with E-state index in [0.29, 0.717) is 16.2 Å². The summed E-state index contributed by atoms with van der Waals surface area (Å²) in [7, 11) is 0. The molecule has 1 aromatic carbocycles. The molecule has 0 aliphatic heterocycles. The van der Waals surface area contributed by atoms with Crippen molar-refractivity contribution in [1.29, 1.82) is 0 Å². The molecule has 0 atom stereocenters. The van der Waals surface area contributed by atoms with Gasteiger partial charge in [-0.05, 0) is 12.5 Å². The van der Waals surface area contributed by atoms with Gasteiger partial charge >= 0.3 is 6.18 Å². The molecule has 0 saturated heterocycles. The third-order valence-corrected chi connectivity index (χ3v) is 3.18. The summed E-state index contributed by atoms with van der Waals surface area (Å²) in [5, 5.41) is -0.803. The first-order valence-electron chi connectivity index (χ1n) is 4.57. The summed E-state index contributed by atoms with van der Waals surface area (Å²) >= 11 is 0.663. The van der Waals surface area contributed by atoms with Crippen molar-refractivity contribution in [2.45, 2.75) is 13.1 Å². The summed E-state index contributed by atoms with van der Waals surface area (Å²) in [5.41, 5.74) is 1.84. The Bertz CT molecular complexity index is 485. The van der Waals surface area contributed by atoms with Crippen molar-refractivity contribution in [2.24, 2.45) is 0 Å². The number of aromatic nitrogens is 1. The van der Waals surface area contributed by atoms with E-state index in [1.165, 1.54) is 6.20 Å². The third-order valence-electron chi connectivity index (χ3n) is 2.08. The van der Waals surface area contributed by atoms with E-state index in [2.05, 4.69) is 4.98 Å². The minimum absolute atomic E-state index is 0.535.